The smallest absolute Gasteiger partial charge is 0.261 e. The van der Waals surface area contributed by atoms with Crippen LogP contribution in [0, 0.1) is 13.8 Å². The molecule has 0 aliphatic rings. The van der Waals surface area contributed by atoms with Crippen LogP contribution in [0.1, 0.15) is 16.8 Å². The molecule has 1 heterocycles. The van der Waals surface area contributed by atoms with Crippen LogP contribution in [0.25, 0.3) is 0 Å². The van der Waals surface area contributed by atoms with Crippen LogP contribution in [0.4, 0.5) is 0 Å². The van der Waals surface area contributed by atoms with Crippen molar-refractivity contribution in [2.45, 2.75) is 25.3 Å². The van der Waals surface area contributed by atoms with Gasteiger partial charge in [0.2, 0.25) is 0 Å². The van der Waals surface area contributed by atoms with E-state index in [4.69, 9.17) is 4.18 Å². The molecule has 1 aromatic heterocycles. The first kappa shape index (κ1) is 13.7. The predicted octanol–water partition coefficient (Wildman–Crippen LogP) is 2.60. The minimum atomic E-state index is -3.72. The van der Waals surface area contributed by atoms with Crippen LogP contribution in [0.5, 0.6) is 0 Å². The quantitative estimate of drug-likeness (QED) is 0.806. The Bertz CT molecular complexity index is 663. The average molecular weight is 277 g/mol. The average Bonchev–Trinajstić information content (AvgIpc) is 2.38. The van der Waals surface area contributed by atoms with Crippen LogP contribution in [0.15, 0.2) is 47.5 Å². The molecule has 0 saturated heterocycles. The number of hydrogen-bond donors (Lipinski definition) is 0. The predicted molar refractivity (Wildman–Crippen MR) is 72.1 cm³/mol. The summed E-state index contributed by atoms with van der Waals surface area (Å²) in [5.41, 5.74) is 2.53. The molecule has 0 N–H and O–H groups in total. The van der Waals surface area contributed by atoms with Gasteiger partial charge in [0, 0.05) is 17.5 Å². The molecular formula is C14H15NO3S. The second kappa shape index (κ2) is 5.50. The first-order chi connectivity index (χ1) is 8.99. The molecule has 0 aliphatic heterocycles. The Hall–Kier alpha value is -1.72. The van der Waals surface area contributed by atoms with Gasteiger partial charge in [0.05, 0.1) is 11.5 Å². The Balaban J connectivity index is 2.14. The number of benzene rings is 1. The lowest BCUT2D eigenvalue weighted by molar-refractivity contribution is 0.307. The summed E-state index contributed by atoms with van der Waals surface area (Å²) >= 11 is 0. The lowest BCUT2D eigenvalue weighted by Crippen LogP contribution is -2.07. The van der Waals surface area contributed by atoms with Crippen LogP contribution in [-0.4, -0.2) is 13.4 Å². The second-order valence-corrected chi connectivity index (χ2v) is 5.89. The van der Waals surface area contributed by atoms with E-state index in [0.29, 0.717) is 0 Å². The van der Waals surface area contributed by atoms with Gasteiger partial charge in [0.25, 0.3) is 10.1 Å². The largest absolute Gasteiger partial charge is 0.297 e. The van der Waals surface area contributed by atoms with Crippen LogP contribution >= 0.6 is 0 Å². The summed E-state index contributed by atoms with van der Waals surface area (Å²) in [7, 11) is -3.72. The fourth-order valence-electron chi connectivity index (χ4n) is 1.58. The zero-order valence-corrected chi connectivity index (χ0v) is 11.6. The Labute approximate surface area is 113 Å². The van der Waals surface area contributed by atoms with Crippen LogP contribution < -0.4 is 0 Å². The summed E-state index contributed by atoms with van der Waals surface area (Å²) in [5.74, 6) is 0. The summed E-state index contributed by atoms with van der Waals surface area (Å²) in [4.78, 5) is 4.26. The van der Waals surface area contributed by atoms with Crippen molar-refractivity contribution in [2.24, 2.45) is 0 Å². The van der Waals surface area contributed by atoms with E-state index in [1.54, 1.807) is 42.6 Å². The monoisotopic (exact) mass is 277 g/mol. The van der Waals surface area contributed by atoms with E-state index in [1.807, 2.05) is 13.8 Å². The van der Waals surface area contributed by atoms with E-state index in [2.05, 4.69) is 4.98 Å². The van der Waals surface area contributed by atoms with Gasteiger partial charge in [-0.05, 0) is 32.0 Å². The summed E-state index contributed by atoms with van der Waals surface area (Å²) < 4.78 is 29.0. The van der Waals surface area contributed by atoms with Gasteiger partial charge in [0.1, 0.15) is 0 Å². The number of aryl methyl sites for hydroxylation is 2. The van der Waals surface area contributed by atoms with Crippen molar-refractivity contribution < 1.29 is 12.6 Å². The normalized spacial score (nSPS) is 11.5. The molecule has 100 valence electrons. The van der Waals surface area contributed by atoms with E-state index in [0.717, 1.165) is 16.8 Å². The fraction of sp³-hybridized carbons (Fsp3) is 0.214. The van der Waals surface area contributed by atoms with E-state index < -0.39 is 10.1 Å². The molecule has 1 aromatic carbocycles. The second-order valence-electron chi connectivity index (χ2n) is 4.28. The third-order valence-electron chi connectivity index (χ3n) is 2.80. The van der Waals surface area contributed by atoms with Gasteiger partial charge in [0.15, 0.2) is 0 Å². The summed E-state index contributed by atoms with van der Waals surface area (Å²) in [6.45, 7) is 3.71. The first-order valence-corrected chi connectivity index (χ1v) is 7.26. The third-order valence-corrected chi connectivity index (χ3v) is 4.07. The molecule has 4 nitrogen and oxygen atoms in total. The molecule has 0 aliphatic carbocycles. The zero-order valence-electron chi connectivity index (χ0n) is 10.8. The Morgan fingerprint density at radius 1 is 1.11 bits per heavy atom. The molecule has 2 rings (SSSR count). The molecule has 0 amide bonds. The summed E-state index contributed by atoms with van der Waals surface area (Å²) in [6.07, 6.45) is 1.66. The van der Waals surface area contributed by atoms with Gasteiger partial charge in [-0.2, -0.15) is 8.42 Å². The molecule has 2 aromatic rings. The Kier molecular flexibility index (Phi) is 3.97. The maximum Gasteiger partial charge on any atom is 0.297 e. The molecule has 0 atom stereocenters. The molecule has 19 heavy (non-hydrogen) atoms. The highest BCUT2D eigenvalue weighted by molar-refractivity contribution is 7.86. The van der Waals surface area contributed by atoms with Gasteiger partial charge in [-0.1, -0.05) is 23.8 Å². The van der Waals surface area contributed by atoms with E-state index in [1.165, 1.54) is 0 Å². The van der Waals surface area contributed by atoms with Crippen LogP contribution in [-0.2, 0) is 20.9 Å². The van der Waals surface area contributed by atoms with E-state index in [9.17, 15) is 8.42 Å². The van der Waals surface area contributed by atoms with Crippen molar-refractivity contribution >= 4 is 10.1 Å². The van der Waals surface area contributed by atoms with Crippen LogP contribution in [0.2, 0.25) is 0 Å². The minimum absolute atomic E-state index is 0.00408. The minimum Gasteiger partial charge on any atom is -0.261 e. The van der Waals surface area contributed by atoms with Crippen molar-refractivity contribution in [3.63, 3.8) is 0 Å². The van der Waals surface area contributed by atoms with Crippen molar-refractivity contribution in [2.75, 3.05) is 0 Å². The summed E-state index contributed by atoms with van der Waals surface area (Å²) in [5, 5.41) is 0. The zero-order chi connectivity index (χ0) is 13.9. The number of rotatable bonds is 4. The fourth-order valence-corrected chi connectivity index (χ4v) is 2.47. The van der Waals surface area contributed by atoms with Crippen molar-refractivity contribution in [1.82, 2.24) is 4.98 Å². The van der Waals surface area contributed by atoms with Gasteiger partial charge in [-0.15, -0.1) is 0 Å². The Morgan fingerprint density at radius 2 is 1.79 bits per heavy atom. The topological polar surface area (TPSA) is 56.3 Å². The van der Waals surface area contributed by atoms with Gasteiger partial charge < -0.3 is 0 Å². The van der Waals surface area contributed by atoms with Gasteiger partial charge in [-0.25, -0.2) is 0 Å². The van der Waals surface area contributed by atoms with Gasteiger partial charge >= 0.3 is 0 Å². The first-order valence-electron chi connectivity index (χ1n) is 5.85. The SMILES string of the molecule is Cc1ccc(S(=O)(=O)OCc2cccnc2C)cc1. The number of pyridine rings is 1. The molecule has 0 fully saturated rings. The Morgan fingerprint density at radius 3 is 2.42 bits per heavy atom. The number of hydrogen-bond acceptors (Lipinski definition) is 4. The van der Waals surface area contributed by atoms with Crippen LogP contribution in [0.3, 0.4) is 0 Å². The molecule has 0 radical (unpaired) electrons. The highest BCUT2D eigenvalue weighted by atomic mass is 32.2. The molecule has 0 saturated carbocycles. The van der Waals surface area contributed by atoms with E-state index in [-0.39, 0.29) is 11.5 Å². The molecule has 0 bridgehead atoms. The van der Waals surface area contributed by atoms with Crippen molar-refractivity contribution in [3.05, 3.63) is 59.4 Å². The summed E-state index contributed by atoms with van der Waals surface area (Å²) in [6, 6.07) is 10.1. The lowest BCUT2D eigenvalue weighted by Gasteiger charge is -2.07. The van der Waals surface area contributed by atoms with Gasteiger partial charge in [-0.3, -0.25) is 9.17 Å². The molecular weight excluding hydrogens is 262 g/mol. The standard InChI is InChI=1S/C14H15NO3S/c1-11-5-7-14(8-6-11)19(16,17)18-10-13-4-3-9-15-12(13)2/h3-9H,10H2,1-2H3. The molecule has 0 unspecified atom stereocenters. The molecule has 0 spiro atoms. The molecule has 5 heteroatoms. The highest BCUT2D eigenvalue weighted by Gasteiger charge is 2.15. The number of aromatic nitrogens is 1. The maximum atomic E-state index is 12.0. The maximum absolute atomic E-state index is 12.0. The number of nitrogens with zero attached hydrogens (tertiary/aromatic N) is 1. The third kappa shape index (κ3) is 3.39. The van der Waals surface area contributed by atoms with E-state index >= 15 is 0 Å². The van der Waals surface area contributed by atoms with Crippen molar-refractivity contribution in [1.29, 1.82) is 0 Å². The lowest BCUT2D eigenvalue weighted by atomic mass is 10.2. The highest BCUT2D eigenvalue weighted by Crippen LogP contribution is 2.16. The van der Waals surface area contributed by atoms with Crippen molar-refractivity contribution in [3.8, 4) is 0 Å².